The van der Waals surface area contributed by atoms with Gasteiger partial charge in [0.25, 0.3) is 0 Å². The van der Waals surface area contributed by atoms with E-state index >= 15 is 0 Å². The summed E-state index contributed by atoms with van der Waals surface area (Å²) in [5.41, 5.74) is 10.3. The zero-order valence-corrected chi connectivity index (χ0v) is 25.6. The number of likely N-dealkylation sites (tertiary alicyclic amines) is 1. The van der Waals surface area contributed by atoms with Crippen molar-refractivity contribution in [1.82, 2.24) is 9.88 Å². The van der Waals surface area contributed by atoms with Crippen molar-refractivity contribution in [1.29, 1.82) is 5.26 Å². The molecule has 0 bridgehead atoms. The molecule has 1 aliphatic carbocycles. The van der Waals surface area contributed by atoms with Crippen molar-refractivity contribution in [2.75, 3.05) is 26.3 Å². The van der Waals surface area contributed by atoms with Crippen molar-refractivity contribution < 1.29 is 14.6 Å². The lowest BCUT2D eigenvalue weighted by Gasteiger charge is -2.33. The Kier molecular flexibility index (Phi) is 9.55. The van der Waals surface area contributed by atoms with Crippen LogP contribution in [0.2, 0.25) is 0 Å². The van der Waals surface area contributed by atoms with Gasteiger partial charge in [0.2, 0.25) is 0 Å². The number of aromatic nitrogens is 1. The highest BCUT2D eigenvalue weighted by Crippen LogP contribution is 2.41. The minimum atomic E-state index is 0.241. The maximum Gasteiger partial charge on any atom is 0.127 e. The topological polar surface area (TPSA) is 78.6 Å². The van der Waals surface area contributed by atoms with Gasteiger partial charge < -0.3 is 14.6 Å². The predicted octanol–water partition coefficient (Wildman–Crippen LogP) is 6.82. The molecule has 0 saturated carbocycles. The molecule has 0 spiro atoms. The number of aliphatic hydroxyl groups is 1. The molecule has 1 aliphatic heterocycles. The fourth-order valence-corrected chi connectivity index (χ4v) is 6.78. The predicted molar refractivity (Wildman–Crippen MR) is 173 cm³/mol. The zero-order valence-electron chi connectivity index (χ0n) is 25.6. The van der Waals surface area contributed by atoms with E-state index in [-0.39, 0.29) is 6.61 Å². The highest BCUT2D eigenvalue weighted by Gasteiger charge is 2.27. The summed E-state index contributed by atoms with van der Waals surface area (Å²) in [4.78, 5) is 6.69. The van der Waals surface area contributed by atoms with Gasteiger partial charge in [-0.15, -0.1) is 0 Å². The molecule has 226 valence electrons. The van der Waals surface area contributed by atoms with Crippen molar-refractivity contribution in [3.05, 3.63) is 112 Å². The second-order valence-electron chi connectivity index (χ2n) is 12.1. The molecule has 4 aromatic rings. The van der Waals surface area contributed by atoms with Crippen LogP contribution in [0, 0.1) is 24.2 Å². The van der Waals surface area contributed by atoms with E-state index in [0.717, 1.165) is 68.8 Å². The van der Waals surface area contributed by atoms with Crippen molar-refractivity contribution in [2.45, 2.75) is 58.6 Å². The molecule has 0 amide bonds. The number of nitrogens with zero attached hydrogens (tertiary/aromatic N) is 3. The molecule has 1 saturated heterocycles. The molecule has 6 rings (SSSR count). The van der Waals surface area contributed by atoms with Gasteiger partial charge in [0.15, 0.2) is 0 Å². The summed E-state index contributed by atoms with van der Waals surface area (Å²) in [7, 11) is 0. The highest BCUT2D eigenvalue weighted by atomic mass is 16.5. The third kappa shape index (κ3) is 6.80. The third-order valence-electron chi connectivity index (χ3n) is 9.17. The molecular weight excluding hydrogens is 546 g/mol. The summed E-state index contributed by atoms with van der Waals surface area (Å²) >= 11 is 0. The first-order chi connectivity index (χ1) is 21.6. The molecule has 2 aliphatic rings. The standard InChI is InChI=1S/C38H41N3O3/c1-27-32(11-5-12-33(27)31-9-3-2-4-10-31)26-44-37-19-38(43-17-15-28-18-30(20-39)22-40-21-28)36(34-13-6-14-35(34)37)24-41-16-7-8-29(23-41)25-42/h2-5,9-12,18-19,21-22,29,42H,6-8,13-17,23-26H2,1H3/t29-/m1/s1. The van der Waals surface area contributed by atoms with Crippen LogP contribution in [0.3, 0.4) is 0 Å². The molecule has 6 nitrogen and oxygen atoms in total. The molecule has 2 heterocycles. The van der Waals surface area contributed by atoms with Gasteiger partial charge >= 0.3 is 0 Å². The summed E-state index contributed by atoms with van der Waals surface area (Å²) in [6.07, 6.45) is 9.38. The summed E-state index contributed by atoms with van der Waals surface area (Å²) < 4.78 is 13.2. The SMILES string of the molecule is Cc1c(COc2cc(OCCc3cncc(C#N)c3)c(CN3CCC[C@@H](CO)C3)c3c2CCC3)cccc1-c1ccccc1. The number of rotatable bonds is 11. The van der Waals surface area contributed by atoms with Crippen molar-refractivity contribution >= 4 is 0 Å². The van der Waals surface area contributed by atoms with Gasteiger partial charge in [0.1, 0.15) is 24.2 Å². The molecule has 44 heavy (non-hydrogen) atoms. The Morgan fingerprint density at radius 3 is 2.68 bits per heavy atom. The van der Waals surface area contributed by atoms with Crippen LogP contribution < -0.4 is 9.47 Å². The van der Waals surface area contributed by atoms with Gasteiger partial charge in [-0.2, -0.15) is 5.26 Å². The summed E-state index contributed by atoms with van der Waals surface area (Å²) in [6, 6.07) is 23.1. The van der Waals surface area contributed by atoms with Crippen LogP contribution in [0.15, 0.2) is 73.1 Å². The van der Waals surface area contributed by atoms with Gasteiger partial charge in [-0.3, -0.25) is 9.88 Å². The molecule has 6 heteroatoms. The third-order valence-corrected chi connectivity index (χ3v) is 9.17. The second kappa shape index (κ2) is 14.1. The van der Waals surface area contributed by atoms with Crippen LogP contribution in [0.4, 0.5) is 0 Å². The number of nitriles is 1. The molecule has 1 aromatic heterocycles. The van der Waals surface area contributed by atoms with E-state index in [1.165, 1.54) is 38.9 Å². The number of hydrogen-bond acceptors (Lipinski definition) is 6. The maximum atomic E-state index is 9.84. The lowest BCUT2D eigenvalue weighted by atomic mass is 9.96. The largest absolute Gasteiger partial charge is 0.493 e. The van der Waals surface area contributed by atoms with Gasteiger partial charge in [-0.1, -0.05) is 48.5 Å². The van der Waals surface area contributed by atoms with Crippen LogP contribution in [0.25, 0.3) is 11.1 Å². The molecule has 1 fully saturated rings. The van der Waals surface area contributed by atoms with E-state index in [1.54, 1.807) is 12.4 Å². The van der Waals surface area contributed by atoms with E-state index in [2.05, 4.69) is 71.4 Å². The van der Waals surface area contributed by atoms with Crippen LogP contribution in [0.1, 0.15) is 58.2 Å². The van der Waals surface area contributed by atoms with Crippen molar-refractivity contribution in [2.24, 2.45) is 5.92 Å². The highest BCUT2D eigenvalue weighted by molar-refractivity contribution is 5.68. The fourth-order valence-electron chi connectivity index (χ4n) is 6.78. The number of benzene rings is 3. The first-order valence-electron chi connectivity index (χ1n) is 15.9. The molecule has 1 N–H and O–H groups in total. The first-order valence-corrected chi connectivity index (χ1v) is 15.9. The first kappa shape index (κ1) is 29.9. The summed E-state index contributed by atoms with van der Waals surface area (Å²) in [5.74, 6) is 2.13. The average molecular weight is 588 g/mol. The summed E-state index contributed by atoms with van der Waals surface area (Å²) in [6.45, 7) is 6.16. The Balaban J connectivity index is 1.27. The fraction of sp³-hybridized carbons (Fsp3) is 0.368. The van der Waals surface area contributed by atoms with Gasteiger partial charge in [0, 0.05) is 50.1 Å². The molecule has 3 aromatic carbocycles. The van der Waals surface area contributed by atoms with Crippen LogP contribution >= 0.6 is 0 Å². The Morgan fingerprint density at radius 2 is 1.84 bits per heavy atom. The minimum absolute atomic E-state index is 0.241. The zero-order chi connectivity index (χ0) is 30.3. The molecule has 1 atom stereocenters. The maximum absolute atomic E-state index is 9.84. The Labute approximate surface area is 260 Å². The van der Waals surface area contributed by atoms with Gasteiger partial charge in [-0.25, -0.2) is 0 Å². The normalized spacial score (nSPS) is 16.3. The smallest absolute Gasteiger partial charge is 0.127 e. The quantitative estimate of drug-likeness (QED) is 0.207. The summed E-state index contributed by atoms with van der Waals surface area (Å²) in [5, 5.41) is 19.1. The van der Waals surface area contributed by atoms with E-state index in [0.29, 0.717) is 31.1 Å². The van der Waals surface area contributed by atoms with Crippen LogP contribution in [-0.2, 0) is 32.4 Å². The number of pyridine rings is 1. The Bertz CT molecular complexity index is 1630. The van der Waals surface area contributed by atoms with Crippen molar-refractivity contribution in [3.8, 4) is 28.7 Å². The molecule has 0 unspecified atom stereocenters. The van der Waals surface area contributed by atoms with Crippen LogP contribution in [-0.4, -0.2) is 41.3 Å². The monoisotopic (exact) mass is 587 g/mol. The van der Waals surface area contributed by atoms with E-state index < -0.39 is 0 Å². The lowest BCUT2D eigenvalue weighted by molar-refractivity contribution is 0.114. The Hall–Kier alpha value is -4.18. The number of piperidine rings is 1. The minimum Gasteiger partial charge on any atom is -0.493 e. The number of aliphatic hydroxyl groups excluding tert-OH is 1. The molecule has 0 radical (unpaired) electrons. The Morgan fingerprint density at radius 1 is 0.977 bits per heavy atom. The average Bonchev–Trinajstić information content (AvgIpc) is 3.57. The van der Waals surface area contributed by atoms with Gasteiger partial charge in [-0.05, 0) is 96.5 Å². The lowest BCUT2D eigenvalue weighted by Crippen LogP contribution is -2.36. The number of hydrogen-bond donors (Lipinski definition) is 1. The number of ether oxygens (including phenoxy) is 2. The molecular formula is C38H41N3O3. The van der Waals surface area contributed by atoms with E-state index in [1.807, 2.05) is 12.1 Å². The van der Waals surface area contributed by atoms with Crippen molar-refractivity contribution in [3.63, 3.8) is 0 Å². The second-order valence-corrected chi connectivity index (χ2v) is 12.1. The van der Waals surface area contributed by atoms with E-state index in [4.69, 9.17) is 9.47 Å². The number of fused-ring (bicyclic) bond motifs is 1. The van der Waals surface area contributed by atoms with E-state index in [9.17, 15) is 10.4 Å². The van der Waals surface area contributed by atoms with Gasteiger partial charge in [0.05, 0.1) is 12.2 Å². The van der Waals surface area contributed by atoms with Crippen LogP contribution in [0.5, 0.6) is 11.5 Å².